The summed E-state index contributed by atoms with van der Waals surface area (Å²) in [6.45, 7) is 6.37. The van der Waals surface area contributed by atoms with Gasteiger partial charge in [0.05, 0.1) is 0 Å². The van der Waals surface area contributed by atoms with E-state index in [1.807, 2.05) is 12.2 Å². The average Bonchev–Trinajstić information content (AvgIpc) is 3.35. The van der Waals surface area contributed by atoms with Crippen LogP contribution in [0.4, 0.5) is 0 Å². The molecule has 0 spiro atoms. The quantitative estimate of drug-likeness (QED) is 0.0262. The highest BCUT2D eigenvalue weighted by molar-refractivity contribution is 5.71. The van der Waals surface area contributed by atoms with Crippen LogP contribution in [0.15, 0.2) is 134 Å². The lowest BCUT2D eigenvalue weighted by Crippen LogP contribution is -2.30. The van der Waals surface area contributed by atoms with Crippen molar-refractivity contribution in [2.24, 2.45) is 0 Å². The molecule has 0 saturated carbocycles. The summed E-state index contributed by atoms with van der Waals surface area (Å²) in [7, 11) is 0. The van der Waals surface area contributed by atoms with Gasteiger partial charge in [-0.05, 0) is 128 Å². The molecule has 0 rings (SSSR count). The van der Waals surface area contributed by atoms with E-state index in [4.69, 9.17) is 14.2 Å². The summed E-state index contributed by atoms with van der Waals surface area (Å²) in [5.74, 6) is -1.06. The first-order valence-corrected chi connectivity index (χ1v) is 27.7. The van der Waals surface area contributed by atoms with Crippen molar-refractivity contribution in [1.82, 2.24) is 0 Å². The third-order valence-electron chi connectivity index (χ3n) is 11.1. The molecule has 6 nitrogen and oxygen atoms in total. The molecule has 0 aromatic heterocycles. The fourth-order valence-corrected chi connectivity index (χ4v) is 6.97. The molecular formula is C63H100O6. The van der Waals surface area contributed by atoms with E-state index in [1.54, 1.807) is 0 Å². The molecule has 0 saturated heterocycles. The molecule has 0 heterocycles. The van der Waals surface area contributed by atoms with Crippen molar-refractivity contribution in [3.63, 3.8) is 0 Å². The van der Waals surface area contributed by atoms with Crippen LogP contribution in [0.5, 0.6) is 0 Å². The van der Waals surface area contributed by atoms with Crippen LogP contribution in [0.25, 0.3) is 0 Å². The van der Waals surface area contributed by atoms with Gasteiger partial charge < -0.3 is 14.2 Å². The maximum Gasteiger partial charge on any atom is 0.306 e. The Labute approximate surface area is 424 Å². The Morgan fingerprint density at radius 3 is 1.03 bits per heavy atom. The highest BCUT2D eigenvalue weighted by Crippen LogP contribution is 2.12. The molecule has 0 aromatic rings. The fourth-order valence-electron chi connectivity index (χ4n) is 6.97. The average molecular weight is 953 g/mol. The predicted octanol–water partition coefficient (Wildman–Crippen LogP) is 18.6. The van der Waals surface area contributed by atoms with E-state index in [9.17, 15) is 14.4 Å². The van der Waals surface area contributed by atoms with E-state index >= 15 is 0 Å². The van der Waals surface area contributed by atoms with Gasteiger partial charge in [0.1, 0.15) is 13.2 Å². The predicted molar refractivity (Wildman–Crippen MR) is 297 cm³/mol. The second kappa shape index (κ2) is 56.1. The Kier molecular flexibility index (Phi) is 52.5. The zero-order valence-electron chi connectivity index (χ0n) is 44.3. The molecule has 0 radical (unpaired) electrons. The number of allylic oxidation sites excluding steroid dienone is 22. The van der Waals surface area contributed by atoms with Gasteiger partial charge in [-0.15, -0.1) is 0 Å². The van der Waals surface area contributed by atoms with Gasteiger partial charge >= 0.3 is 17.9 Å². The molecule has 0 aliphatic heterocycles. The van der Waals surface area contributed by atoms with Crippen molar-refractivity contribution in [2.75, 3.05) is 13.2 Å². The van der Waals surface area contributed by atoms with Gasteiger partial charge in [-0.3, -0.25) is 14.4 Å². The number of unbranched alkanes of at least 4 members (excludes halogenated alkanes) is 15. The molecule has 0 aliphatic carbocycles. The van der Waals surface area contributed by atoms with Gasteiger partial charge in [-0.2, -0.15) is 0 Å². The first kappa shape index (κ1) is 64.5. The largest absolute Gasteiger partial charge is 0.462 e. The fraction of sp³-hybridized carbons (Fsp3) is 0.603. The van der Waals surface area contributed by atoms with Gasteiger partial charge in [-0.25, -0.2) is 0 Å². The number of hydrogen-bond acceptors (Lipinski definition) is 6. The molecule has 0 fully saturated rings. The summed E-state index contributed by atoms with van der Waals surface area (Å²) >= 11 is 0. The zero-order valence-corrected chi connectivity index (χ0v) is 44.3. The van der Waals surface area contributed by atoms with Crippen molar-refractivity contribution in [1.29, 1.82) is 0 Å². The van der Waals surface area contributed by atoms with E-state index in [2.05, 4.69) is 142 Å². The molecule has 0 unspecified atom stereocenters. The van der Waals surface area contributed by atoms with Crippen LogP contribution in [-0.4, -0.2) is 37.2 Å². The summed E-state index contributed by atoms with van der Waals surface area (Å²) in [5.41, 5.74) is 0. The van der Waals surface area contributed by atoms with Crippen LogP contribution in [0.2, 0.25) is 0 Å². The zero-order chi connectivity index (χ0) is 50.0. The molecular weight excluding hydrogens is 853 g/mol. The van der Waals surface area contributed by atoms with E-state index in [0.29, 0.717) is 19.3 Å². The lowest BCUT2D eigenvalue weighted by molar-refractivity contribution is -0.166. The van der Waals surface area contributed by atoms with Gasteiger partial charge in [0.15, 0.2) is 6.10 Å². The summed E-state index contributed by atoms with van der Waals surface area (Å²) in [5, 5.41) is 0. The monoisotopic (exact) mass is 953 g/mol. The van der Waals surface area contributed by atoms with Crippen LogP contribution < -0.4 is 0 Å². The molecule has 6 heteroatoms. The van der Waals surface area contributed by atoms with Crippen LogP contribution in [0.1, 0.15) is 226 Å². The van der Waals surface area contributed by atoms with Gasteiger partial charge in [0, 0.05) is 19.3 Å². The van der Waals surface area contributed by atoms with Crippen molar-refractivity contribution < 1.29 is 28.6 Å². The van der Waals surface area contributed by atoms with E-state index in [-0.39, 0.29) is 44.0 Å². The number of esters is 3. The first-order chi connectivity index (χ1) is 34.0. The minimum Gasteiger partial charge on any atom is -0.462 e. The third-order valence-corrected chi connectivity index (χ3v) is 11.1. The molecule has 388 valence electrons. The Hall–Kier alpha value is -4.45. The minimum atomic E-state index is -0.834. The molecule has 0 aromatic carbocycles. The number of rotatable bonds is 48. The summed E-state index contributed by atoms with van der Waals surface area (Å²) in [4.78, 5) is 38.1. The summed E-state index contributed by atoms with van der Waals surface area (Å²) in [6.07, 6.45) is 78.7. The Morgan fingerprint density at radius 2 is 0.594 bits per heavy atom. The lowest BCUT2D eigenvalue weighted by atomic mass is 10.1. The van der Waals surface area contributed by atoms with Crippen molar-refractivity contribution in [2.45, 2.75) is 232 Å². The molecule has 69 heavy (non-hydrogen) atoms. The van der Waals surface area contributed by atoms with Crippen LogP contribution in [0.3, 0.4) is 0 Å². The number of hydrogen-bond donors (Lipinski definition) is 0. The number of carbonyl (C=O) groups excluding carboxylic acids is 3. The highest BCUT2D eigenvalue weighted by Gasteiger charge is 2.19. The van der Waals surface area contributed by atoms with Gasteiger partial charge in [0.2, 0.25) is 0 Å². The van der Waals surface area contributed by atoms with Crippen LogP contribution in [-0.2, 0) is 28.6 Å². The molecule has 0 N–H and O–H groups in total. The highest BCUT2D eigenvalue weighted by atomic mass is 16.6. The van der Waals surface area contributed by atoms with E-state index in [1.165, 1.54) is 64.2 Å². The third kappa shape index (κ3) is 54.4. The van der Waals surface area contributed by atoms with Crippen molar-refractivity contribution in [3.05, 3.63) is 134 Å². The normalized spacial score (nSPS) is 13.1. The minimum absolute atomic E-state index is 0.123. The molecule has 1 atom stereocenters. The number of ether oxygens (including phenoxy) is 3. The standard InChI is InChI=1S/C63H100O6/c1-4-7-10-13-16-19-22-25-27-29-31-33-35-38-41-44-47-50-53-56-62(65)68-59-60(58-67-61(64)55-52-49-46-43-40-37-24-21-18-15-12-9-6-3)69-63(66)57-54-51-48-45-42-39-36-34-32-30-28-26-23-20-17-14-11-8-5-2/h8,11,16-17,19-21,24-28,31-34,38-39,41-42,47,50,60H,4-7,9-10,12-15,18,22-23,29-30,35-37,40,43-46,48-49,51-59H2,1-3H3/b11-8-,19-16-,20-17-,24-21-,27-25-,28-26-,33-31-,34-32-,41-38-,42-39-,50-47-/t60-/m0/s1. The van der Waals surface area contributed by atoms with Gasteiger partial charge in [-0.1, -0.05) is 212 Å². The smallest absolute Gasteiger partial charge is 0.306 e. The van der Waals surface area contributed by atoms with Crippen LogP contribution in [0, 0.1) is 0 Å². The second-order valence-electron chi connectivity index (χ2n) is 17.7. The number of carbonyl (C=O) groups is 3. The van der Waals surface area contributed by atoms with Gasteiger partial charge in [0.25, 0.3) is 0 Å². The van der Waals surface area contributed by atoms with E-state index < -0.39 is 6.10 Å². The Balaban J connectivity index is 4.59. The maximum absolute atomic E-state index is 12.8. The Morgan fingerprint density at radius 1 is 0.304 bits per heavy atom. The molecule has 0 bridgehead atoms. The second-order valence-corrected chi connectivity index (χ2v) is 17.7. The maximum atomic E-state index is 12.8. The van der Waals surface area contributed by atoms with Crippen LogP contribution >= 0.6 is 0 Å². The summed E-state index contributed by atoms with van der Waals surface area (Å²) < 4.78 is 16.7. The first-order valence-electron chi connectivity index (χ1n) is 27.7. The van der Waals surface area contributed by atoms with E-state index in [0.717, 1.165) is 109 Å². The molecule has 0 aliphatic rings. The Bertz CT molecular complexity index is 1510. The lowest BCUT2D eigenvalue weighted by Gasteiger charge is -2.18. The SMILES string of the molecule is CC/C=C\C/C=C\C/C=C\C/C=C\C/C=C\CCCCCC(=O)O[C@H](COC(=O)CC/C=C\C/C=C\C/C=C\C/C=C\C/C=C\CCCCC)COC(=O)CCCCCCC/C=C\CCCCCC. The van der Waals surface area contributed by atoms with Crippen molar-refractivity contribution >= 4 is 17.9 Å². The topological polar surface area (TPSA) is 78.9 Å². The van der Waals surface area contributed by atoms with Crippen molar-refractivity contribution in [3.8, 4) is 0 Å². The molecule has 0 amide bonds. The summed E-state index contributed by atoms with van der Waals surface area (Å²) in [6, 6.07) is 0.